The van der Waals surface area contributed by atoms with Gasteiger partial charge in [-0.2, -0.15) is 0 Å². The molecular weight excluding hydrogens is 168 g/mol. The monoisotopic (exact) mass is 184 g/mol. The van der Waals surface area contributed by atoms with Gasteiger partial charge < -0.3 is 10.5 Å². The maximum absolute atomic E-state index is 11.3. The van der Waals surface area contributed by atoms with Gasteiger partial charge in [-0.05, 0) is 13.3 Å². The molecule has 0 saturated heterocycles. The summed E-state index contributed by atoms with van der Waals surface area (Å²) in [4.78, 5) is 15.5. The van der Waals surface area contributed by atoms with Crippen LogP contribution in [0.4, 0.5) is 0 Å². The van der Waals surface area contributed by atoms with Gasteiger partial charge in [0, 0.05) is 6.92 Å². The van der Waals surface area contributed by atoms with Gasteiger partial charge >= 0.3 is 0 Å². The van der Waals surface area contributed by atoms with Crippen LogP contribution in [0.1, 0.15) is 33.6 Å². The van der Waals surface area contributed by atoms with Crippen LogP contribution in [0, 0.1) is 0 Å². The van der Waals surface area contributed by atoms with Crippen LogP contribution in [0.3, 0.4) is 0 Å². The number of nitrogens with two attached hydrogens (primary N) is 1. The second kappa shape index (κ2) is 3.36. The second-order valence-electron chi connectivity index (χ2n) is 3.43. The van der Waals surface area contributed by atoms with Gasteiger partial charge in [0.1, 0.15) is 0 Å². The normalized spacial score (nSPS) is 32.5. The largest absolute Gasteiger partial charge is 0.463 e. The number of hydrogen-bond donors (Lipinski definition) is 1. The molecule has 0 unspecified atom stereocenters. The number of ether oxygens (including phenoxy) is 1. The Morgan fingerprint density at radius 1 is 1.77 bits per heavy atom. The summed E-state index contributed by atoms with van der Waals surface area (Å²) >= 11 is 0. The van der Waals surface area contributed by atoms with Gasteiger partial charge in [0.15, 0.2) is 5.90 Å². The molecule has 0 aliphatic carbocycles. The highest BCUT2D eigenvalue weighted by Gasteiger charge is 2.47. The number of nitrogens with zero attached hydrogens (tertiary/aromatic N) is 1. The molecule has 0 aromatic carbocycles. The maximum Gasteiger partial charge on any atom is 0.263 e. The van der Waals surface area contributed by atoms with Crippen LogP contribution in [-0.4, -0.2) is 23.4 Å². The fraction of sp³-hybridized carbons (Fsp3) is 0.778. The van der Waals surface area contributed by atoms with E-state index in [-0.39, 0.29) is 6.04 Å². The molecule has 2 N–H and O–H groups in total. The Hall–Kier alpha value is -1.06. The lowest BCUT2D eigenvalue weighted by atomic mass is 9.90. The molecule has 4 nitrogen and oxygen atoms in total. The fourth-order valence-electron chi connectivity index (χ4n) is 1.76. The molecule has 4 heteroatoms. The molecule has 74 valence electrons. The van der Waals surface area contributed by atoms with Crippen LogP contribution >= 0.6 is 0 Å². The maximum atomic E-state index is 11.3. The molecule has 1 aliphatic rings. The quantitative estimate of drug-likeness (QED) is 0.706. The van der Waals surface area contributed by atoms with Crippen molar-refractivity contribution in [2.24, 2.45) is 10.7 Å². The summed E-state index contributed by atoms with van der Waals surface area (Å²) in [7, 11) is 0. The van der Waals surface area contributed by atoms with Crippen molar-refractivity contribution in [3.05, 3.63) is 0 Å². The summed E-state index contributed by atoms with van der Waals surface area (Å²) in [6.45, 7) is 5.60. The standard InChI is InChI=1S/C9H16N2O2/c1-4-5-9(8(10)12)6(2)11-7(3)13-9/h6H,4-5H2,1-3H3,(H2,10,12)/t6-,9-/m1/s1. The van der Waals surface area contributed by atoms with Gasteiger partial charge in [-0.1, -0.05) is 13.3 Å². The van der Waals surface area contributed by atoms with Crippen molar-refractivity contribution >= 4 is 11.8 Å². The van der Waals surface area contributed by atoms with Crippen LogP contribution in [0.25, 0.3) is 0 Å². The first-order chi connectivity index (χ1) is 6.03. The highest BCUT2D eigenvalue weighted by molar-refractivity contribution is 5.90. The zero-order valence-electron chi connectivity index (χ0n) is 8.33. The lowest BCUT2D eigenvalue weighted by Gasteiger charge is -2.27. The van der Waals surface area contributed by atoms with E-state index in [1.807, 2.05) is 13.8 Å². The van der Waals surface area contributed by atoms with E-state index in [1.54, 1.807) is 6.92 Å². The third-order valence-electron chi connectivity index (χ3n) is 2.42. The van der Waals surface area contributed by atoms with E-state index in [0.717, 1.165) is 6.42 Å². The number of primary amides is 1. The lowest BCUT2D eigenvalue weighted by Crippen LogP contribution is -2.50. The first-order valence-electron chi connectivity index (χ1n) is 4.56. The minimum atomic E-state index is -0.890. The smallest absolute Gasteiger partial charge is 0.263 e. The molecule has 13 heavy (non-hydrogen) atoms. The van der Waals surface area contributed by atoms with Crippen LogP contribution in [-0.2, 0) is 9.53 Å². The number of aliphatic imine (C=N–C) groups is 1. The molecule has 1 heterocycles. The third-order valence-corrected chi connectivity index (χ3v) is 2.42. The number of carbonyl (C=O) groups is 1. The molecule has 0 fully saturated rings. The molecule has 0 saturated carbocycles. The van der Waals surface area contributed by atoms with Crippen molar-refractivity contribution in [2.75, 3.05) is 0 Å². The number of amides is 1. The van der Waals surface area contributed by atoms with Crippen molar-refractivity contribution in [3.8, 4) is 0 Å². The lowest BCUT2D eigenvalue weighted by molar-refractivity contribution is -0.135. The van der Waals surface area contributed by atoms with Crippen LogP contribution in [0.15, 0.2) is 4.99 Å². The molecule has 1 aliphatic heterocycles. The summed E-state index contributed by atoms with van der Waals surface area (Å²) in [5.41, 5.74) is 4.44. The zero-order valence-corrected chi connectivity index (χ0v) is 8.33. The average Bonchev–Trinajstić information content (AvgIpc) is 2.28. The van der Waals surface area contributed by atoms with Crippen molar-refractivity contribution in [3.63, 3.8) is 0 Å². The number of hydrogen-bond acceptors (Lipinski definition) is 3. The van der Waals surface area contributed by atoms with E-state index in [9.17, 15) is 4.79 Å². The van der Waals surface area contributed by atoms with Crippen LogP contribution in [0.5, 0.6) is 0 Å². The van der Waals surface area contributed by atoms with E-state index in [0.29, 0.717) is 12.3 Å². The van der Waals surface area contributed by atoms with Gasteiger partial charge in [0.2, 0.25) is 5.60 Å². The molecule has 1 rings (SSSR count). The molecule has 0 spiro atoms. The molecular formula is C9H16N2O2. The summed E-state index contributed by atoms with van der Waals surface area (Å²) in [6.07, 6.45) is 1.49. The van der Waals surface area contributed by atoms with Crippen molar-refractivity contribution in [1.82, 2.24) is 0 Å². The van der Waals surface area contributed by atoms with Crippen molar-refractivity contribution in [2.45, 2.75) is 45.3 Å². The molecule has 0 bridgehead atoms. The Labute approximate surface area is 78.2 Å². The van der Waals surface area contributed by atoms with Crippen molar-refractivity contribution in [1.29, 1.82) is 0 Å². The SMILES string of the molecule is CCC[C@@]1(C(N)=O)OC(C)=N[C@@H]1C. The van der Waals surface area contributed by atoms with Crippen molar-refractivity contribution < 1.29 is 9.53 Å². The van der Waals surface area contributed by atoms with Gasteiger partial charge in [-0.25, -0.2) is 4.99 Å². The molecule has 1 amide bonds. The average molecular weight is 184 g/mol. The summed E-state index contributed by atoms with van der Waals surface area (Å²) < 4.78 is 5.44. The minimum Gasteiger partial charge on any atom is -0.463 e. The van der Waals surface area contributed by atoms with Crippen LogP contribution < -0.4 is 5.73 Å². The Morgan fingerprint density at radius 2 is 2.38 bits per heavy atom. The molecule has 2 atom stereocenters. The summed E-state index contributed by atoms with van der Waals surface area (Å²) in [5, 5.41) is 0. The third kappa shape index (κ3) is 1.53. The van der Waals surface area contributed by atoms with E-state index >= 15 is 0 Å². The topological polar surface area (TPSA) is 64.7 Å². The van der Waals surface area contributed by atoms with Gasteiger partial charge in [0.25, 0.3) is 5.91 Å². The molecule has 0 aromatic heterocycles. The Bertz CT molecular complexity index is 250. The predicted molar refractivity (Wildman–Crippen MR) is 50.5 cm³/mol. The fourth-order valence-corrected chi connectivity index (χ4v) is 1.76. The highest BCUT2D eigenvalue weighted by atomic mass is 16.5. The van der Waals surface area contributed by atoms with E-state index in [2.05, 4.69) is 4.99 Å². The van der Waals surface area contributed by atoms with E-state index in [1.165, 1.54) is 0 Å². The summed E-state index contributed by atoms with van der Waals surface area (Å²) in [6, 6.07) is -0.162. The second-order valence-corrected chi connectivity index (χ2v) is 3.43. The Morgan fingerprint density at radius 3 is 2.69 bits per heavy atom. The first-order valence-corrected chi connectivity index (χ1v) is 4.56. The van der Waals surface area contributed by atoms with E-state index in [4.69, 9.17) is 10.5 Å². The van der Waals surface area contributed by atoms with Gasteiger partial charge in [-0.3, -0.25) is 4.79 Å². The van der Waals surface area contributed by atoms with E-state index < -0.39 is 11.5 Å². The number of carbonyl (C=O) groups excluding carboxylic acids is 1. The van der Waals surface area contributed by atoms with Gasteiger partial charge in [0.05, 0.1) is 6.04 Å². The predicted octanol–water partition coefficient (Wildman–Crippen LogP) is 0.848. The zero-order chi connectivity index (χ0) is 10.1. The molecule has 0 aromatic rings. The minimum absolute atomic E-state index is 0.162. The Balaban J connectivity index is 2.89. The number of rotatable bonds is 3. The van der Waals surface area contributed by atoms with Gasteiger partial charge in [-0.15, -0.1) is 0 Å². The highest BCUT2D eigenvalue weighted by Crippen LogP contribution is 2.30. The first kappa shape index (κ1) is 10.0. The Kier molecular flexibility index (Phi) is 2.59. The van der Waals surface area contributed by atoms with Crippen LogP contribution in [0.2, 0.25) is 0 Å². The molecule has 0 radical (unpaired) electrons. The summed E-state index contributed by atoms with van der Waals surface area (Å²) in [5.74, 6) is 0.141.